The molecule has 2 N–H and O–H groups in total. The molecule has 98 valence electrons. The Morgan fingerprint density at radius 2 is 2.39 bits per heavy atom. The van der Waals surface area contributed by atoms with Gasteiger partial charge in [-0.15, -0.1) is 0 Å². The number of anilines is 1. The van der Waals surface area contributed by atoms with E-state index < -0.39 is 5.97 Å². The van der Waals surface area contributed by atoms with E-state index in [9.17, 15) is 4.79 Å². The van der Waals surface area contributed by atoms with Crippen LogP contribution in [0.3, 0.4) is 0 Å². The maximum absolute atomic E-state index is 11.0. The molecule has 0 amide bonds. The lowest BCUT2D eigenvalue weighted by molar-refractivity contribution is 0.0697. The van der Waals surface area contributed by atoms with Crippen LogP contribution in [0.1, 0.15) is 30.1 Å². The van der Waals surface area contributed by atoms with E-state index in [2.05, 4.69) is 17.1 Å². The molecule has 4 heteroatoms. The molecule has 1 atom stereocenters. The van der Waals surface area contributed by atoms with Crippen molar-refractivity contribution in [3.63, 3.8) is 0 Å². The Balaban J connectivity index is 2.22. The topological polar surface area (TPSA) is 52.6 Å². The highest BCUT2D eigenvalue weighted by molar-refractivity contribution is 5.88. The SMILES string of the molecule is CCC[C@@H]1CNCCN1c1cccc(C(=O)O)c1. The molecule has 18 heavy (non-hydrogen) atoms. The van der Waals surface area contributed by atoms with E-state index in [1.165, 1.54) is 0 Å². The van der Waals surface area contributed by atoms with Crippen molar-refractivity contribution in [2.75, 3.05) is 24.5 Å². The van der Waals surface area contributed by atoms with E-state index in [4.69, 9.17) is 5.11 Å². The third kappa shape index (κ3) is 2.82. The van der Waals surface area contributed by atoms with E-state index in [-0.39, 0.29) is 0 Å². The first-order chi connectivity index (χ1) is 8.72. The third-order valence-electron chi connectivity index (χ3n) is 3.40. The van der Waals surface area contributed by atoms with Crippen molar-refractivity contribution in [1.82, 2.24) is 5.32 Å². The van der Waals surface area contributed by atoms with E-state index in [1.54, 1.807) is 12.1 Å². The van der Waals surface area contributed by atoms with E-state index in [0.717, 1.165) is 38.2 Å². The van der Waals surface area contributed by atoms with Gasteiger partial charge in [-0.25, -0.2) is 4.79 Å². The number of hydrogen-bond donors (Lipinski definition) is 2. The van der Waals surface area contributed by atoms with Crippen LogP contribution in [0.2, 0.25) is 0 Å². The average Bonchev–Trinajstić information content (AvgIpc) is 2.40. The molecule has 1 aliphatic rings. The van der Waals surface area contributed by atoms with Gasteiger partial charge < -0.3 is 15.3 Å². The number of piperazine rings is 1. The first kappa shape index (κ1) is 12.9. The zero-order valence-corrected chi connectivity index (χ0v) is 10.7. The second-order valence-electron chi connectivity index (χ2n) is 4.70. The molecular formula is C14H20N2O2. The van der Waals surface area contributed by atoms with Gasteiger partial charge in [0, 0.05) is 31.4 Å². The lowest BCUT2D eigenvalue weighted by Gasteiger charge is -2.38. The maximum atomic E-state index is 11.0. The van der Waals surface area contributed by atoms with E-state index in [0.29, 0.717) is 11.6 Å². The number of nitrogens with zero attached hydrogens (tertiary/aromatic N) is 1. The highest BCUT2D eigenvalue weighted by Crippen LogP contribution is 2.22. The molecule has 1 aliphatic heterocycles. The molecule has 1 heterocycles. The average molecular weight is 248 g/mol. The first-order valence-corrected chi connectivity index (χ1v) is 6.53. The molecule has 0 saturated carbocycles. The Kier molecular flexibility index (Phi) is 4.20. The number of hydrogen-bond acceptors (Lipinski definition) is 3. The molecule has 0 bridgehead atoms. The molecule has 2 rings (SSSR count). The van der Waals surface area contributed by atoms with Gasteiger partial charge in [-0.3, -0.25) is 0 Å². The summed E-state index contributed by atoms with van der Waals surface area (Å²) >= 11 is 0. The summed E-state index contributed by atoms with van der Waals surface area (Å²) in [4.78, 5) is 13.3. The van der Waals surface area contributed by atoms with Gasteiger partial charge in [-0.2, -0.15) is 0 Å². The summed E-state index contributed by atoms with van der Waals surface area (Å²) in [6.45, 7) is 5.05. The Morgan fingerprint density at radius 3 is 3.11 bits per heavy atom. The molecule has 0 spiro atoms. The standard InChI is InChI=1S/C14H20N2O2/c1-2-4-13-10-15-7-8-16(13)12-6-3-5-11(9-12)14(17)18/h3,5-6,9,13,15H,2,4,7-8,10H2,1H3,(H,17,18)/t13-/m1/s1. The monoisotopic (exact) mass is 248 g/mol. The maximum Gasteiger partial charge on any atom is 0.335 e. The summed E-state index contributed by atoms with van der Waals surface area (Å²) < 4.78 is 0. The van der Waals surface area contributed by atoms with Crippen molar-refractivity contribution in [3.05, 3.63) is 29.8 Å². The minimum Gasteiger partial charge on any atom is -0.478 e. The summed E-state index contributed by atoms with van der Waals surface area (Å²) in [5, 5.41) is 12.4. The number of carboxylic acid groups (broad SMARTS) is 1. The largest absolute Gasteiger partial charge is 0.478 e. The van der Waals surface area contributed by atoms with Crippen LogP contribution in [-0.2, 0) is 0 Å². The molecule has 0 radical (unpaired) electrons. The summed E-state index contributed by atoms with van der Waals surface area (Å²) in [5.74, 6) is -0.862. The van der Waals surface area contributed by atoms with Crippen LogP contribution in [0.15, 0.2) is 24.3 Å². The van der Waals surface area contributed by atoms with Crippen LogP contribution in [0, 0.1) is 0 Å². The predicted molar refractivity (Wildman–Crippen MR) is 72.3 cm³/mol. The van der Waals surface area contributed by atoms with Gasteiger partial charge in [0.15, 0.2) is 0 Å². The normalized spacial score (nSPS) is 19.8. The third-order valence-corrected chi connectivity index (χ3v) is 3.40. The molecule has 1 aromatic rings. The predicted octanol–water partition coefficient (Wildman–Crippen LogP) is 1.96. The highest BCUT2D eigenvalue weighted by atomic mass is 16.4. The minimum atomic E-state index is -0.862. The van der Waals surface area contributed by atoms with Crippen molar-refractivity contribution in [2.24, 2.45) is 0 Å². The smallest absolute Gasteiger partial charge is 0.335 e. The summed E-state index contributed by atoms with van der Waals surface area (Å²) in [5.41, 5.74) is 1.39. The molecule has 0 aromatic heterocycles. The summed E-state index contributed by atoms with van der Waals surface area (Å²) in [6.07, 6.45) is 2.27. The van der Waals surface area contributed by atoms with Gasteiger partial charge in [0.1, 0.15) is 0 Å². The zero-order valence-electron chi connectivity index (χ0n) is 10.7. The number of rotatable bonds is 4. The number of aromatic carboxylic acids is 1. The number of nitrogens with one attached hydrogen (secondary N) is 1. The van der Waals surface area contributed by atoms with Crippen molar-refractivity contribution in [1.29, 1.82) is 0 Å². The molecule has 1 fully saturated rings. The number of carbonyl (C=O) groups is 1. The van der Waals surface area contributed by atoms with Gasteiger partial charge in [0.25, 0.3) is 0 Å². The van der Waals surface area contributed by atoms with Crippen molar-refractivity contribution in [2.45, 2.75) is 25.8 Å². The Labute approximate surface area is 108 Å². The lowest BCUT2D eigenvalue weighted by Crippen LogP contribution is -2.51. The van der Waals surface area contributed by atoms with Crippen molar-refractivity contribution >= 4 is 11.7 Å². The summed E-state index contributed by atoms with van der Waals surface area (Å²) in [7, 11) is 0. The molecule has 0 aliphatic carbocycles. The Morgan fingerprint density at radius 1 is 1.56 bits per heavy atom. The van der Waals surface area contributed by atoms with Crippen LogP contribution < -0.4 is 10.2 Å². The van der Waals surface area contributed by atoms with Gasteiger partial charge >= 0.3 is 5.97 Å². The molecule has 0 unspecified atom stereocenters. The van der Waals surface area contributed by atoms with E-state index in [1.807, 2.05) is 12.1 Å². The van der Waals surface area contributed by atoms with Crippen LogP contribution >= 0.6 is 0 Å². The van der Waals surface area contributed by atoms with Gasteiger partial charge in [0.2, 0.25) is 0 Å². The number of benzene rings is 1. The highest BCUT2D eigenvalue weighted by Gasteiger charge is 2.22. The quantitative estimate of drug-likeness (QED) is 0.855. The molecule has 4 nitrogen and oxygen atoms in total. The van der Waals surface area contributed by atoms with Crippen LogP contribution in [0.5, 0.6) is 0 Å². The van der Waals surface area contributed by atoms with Gasteiger partial charge in [0.05, 0.1) is 5.56 Å². The van der Waals surface area contributed by atoms with Gasteiger partial charge in [-0.05, 0) is 24.6 Å². The van der Waals surface area contributed by atoms with Crippen molar-refractivity contribution in [3.8, 4) is 0 Å². The van der Waals surface area contributed by atoms with E-state index >= 15 is 0 Å². The Hall–Kier alpha value is -1.55. The van der Waals surface area contributed by atoms with Crippen molar-refractivity contribution < 1.29 is 9.90 Å². The Bertz CT molecular complexity index is 418. The number of carboxylic acids is 1. The van der Waals surface area contributed by atoms with Gasteiger partial charge in [-0.1, -0.05) is 19.4 Å². The summed E-state index contributed by atoms with van der Waals surface area (Å²) in [6, 6.07) is 7.71. The van der Waals surface area contributed by atoms with Crippen LogP contribution in [0.4, 0.5) is 5.69 Å². The molecule has 1 aromatic carbocycles. The van der Waals surface area contributed by atoms with Crippen LogP contribution in [0.25, 0.3) is 0 Å². The lowest BCUT2D eigenvalue weighted by atomic mass is 10.1. The fourth-order valence-electron chi connectivity index (χ4n) is 2.51. The second-order valence-corrected chi connectivity index (χ2v) is 4.70. The van der Waals surface area contributed by atoms with Crippen LogP contribution in [-0.4, -0.2) is 36.8 Å². The molecule has 1 saturated heterocycles. The minimum absolute atomic E-state index is 0.362. The zero-order chi connectivity index (χ0) is 13.0. The second kappa shape index (κ2) is 5.87. The fraction of sp³-hybridized carbons (Fsp3) is 0.500. The molecular weight excluding hydrogens is 228 g/mol. The first-order valence-electron chi connectivity index (χ1n) is 6.53. The fourth-order valence-corrected chi connectivity index (χ4v) is 2.51.